The second-order valence-corrected chi connectivity index (χ2v) is 7.73. The van der Waals surface area contributed by atoms with Gasteiger partial charge in [-0.2, -0.15) is 4.57 Å². The van der Waals surface area contributed by atoms with Crippen molar-refractivity contribution in [3.8, 4) is 34.0 Å². The maximum atomic E-state index is 11.8. The zero-order valence-electron chi connectivity index (χ0n) is 17.2. The van der Waals surface area contributed by atoms with Crippen LogP contribution in [0.5, 0.6) is 5.75 Å². The molecule has 1 aliphatic carbocycles. The number of nitrogens with zero attached hydrogens (tertiary/aromatic N) is 1. The highest BCUT2D eigenvalue weighted by Gasteiger charge is 2.25. The van der Waals surface area contributed by atoms with Gasteiger partial charge in [0, 0.05) is 35.4 Å². The van der Waals surface area contributed by atoms with Crippen molar-refractivity contribution in [2.75, 3.05) is 0 Å². The quantitative estimate of drug-likeness (QED) is 0.379. The van der Waals surface area contributed by atoms with Gasteiger partial charge >= 0.3 is 0 Å². The van der Waals surface area contributed by atoms with Crippen molar-refractivity contribution in [3.05, 3.63) is 121 Å². The predicted octanol–water partition coefficient (Wildman–Crippen LogP) is 6.10. The molecule has 31 heavy (non-hydrogen) atoms. The molecule has 0 bridgehead atoms. The first-order valence-corrected chi connectivity index (χ1v) is 10.6. The smallest absolute Gasteiger partial charge is 0.219 e. The van der Waals surface area contributed by atoms with E-state index in [1.54, 1.807) is 12.1 Å². The minimum atomic E-state index is 0.0163. The van der Waals surface area contributed by atoms with Crippen LogP contribution in [0.25, 0.3) is 33.8 Å². The molecule has 150 valence electrons. The number of hydrogen-bond donors (Lipinski definition) is 0. The summed E-state index contributed by atoms with van der Waals surface area (Å²) in [6.07, 6.45) is 8.68. The third-order valence-electron chi connectivity index (χ3n) is 5.68. The van der Waals surface area contributed by atoms with E-state index in [0.29, 0.717) is 0 Å². The summed E-state index contributed by atoms with van der Waals surface area (Å²) < 4.78 is 2.26. The summed E-state index contributed by atoms with van der Waals surface area (Å²) in [6, 6.07) is 32.5. The van der Waals surface area contributed by atoms with E-state index in [1.165, 1.54) is 11.1 Å². The summed E-state index contributed by atoms with van der Waals surface area (Å²) >= 11 is 0. The van der Waals surface area contributed by atoms with Crippen LogP contribution in [-0.4, -0.2) is 0 Å². The molecular formula is C29H23NO. The van der Waals surface area contributed by atoms with Crippen LogP contribution in [0.15, 0.2) is 115 Å². The van der Waals surface area contributed by atoms with Gasteiger partial charge in [0.25, 0.3) is 0 Å². The molecular weight excluding hydrogens is 378 g/mol. The molecule has 1 aliphatic rings. The van der Waals surface area contributed by atoms with Crippen molar-refractivity contribution in [1.82, 2.24) is 0 Å². The lowest BCUT2D eigenvalue weighted by Gasteiger charge is -2.15. The molecule has 0 fully saturated rings. The highest BCUT2D eigenvalue weighted by Crippen LogP contribution is 2.31. The average Bonchev–Trinajstić information content (AvgIpc) is 2.85. The van der Waals surface area contributed by atoms with Gasteiger partial charge in [-0.1, -0.05) is 66.8 Å². The van der Waals surface area contributed by atoms with Gasteiger partial charge in [0.1, 0.15) is 0 Å². The van der Waals surface area contributed by atoms with Crippen LogP contribution >= 0.6 is 0 Å². The molecule has 0 atom stereocenters. The molecule has 0 unspecified atom stereocenters. The average molecular weight is 402 g/mol. The van der Waals surface area contributed by atoms with E-state index in [2.05, 4.69) is 83.5 Å². The maximum Gasteiger partial charge on any atom is 0.219 e. The largest absolute Gasteiger partial charge is 0.872 e. The highest BCUT2D eigenvalue weighted by molar-refractivity contribution is 5.75. The molecule has 2 nitrogen and oxygen atoms in total. The van der Waals surface area contributed by atoms with Gasteiger partial charge in [0.2, 0.25) is 17.1 Å². The van der Waals surface area contributed by atoms with Crippen molar-refractivity contribution in [2.45, 2.75) is 12.8 Å². The molecule has 5 rings (SSSR count). The lowest BCUT2D eigenvalue weighted by Crippen LogP contribution is -2.36. The summed E-state index contributed by atoms with van der Waals surface area (Å²) in [5, 5.41) is 11.8. The fraction of sp³-hybridized carbons (Fsp3) is 0.0690. The van der Waals surface area contributed by atoms with E-state index < -0.39 is 0 Å². The fourth-order valence-corrected chi connectivity index (χ4v) is 4.14. The fourth-order valence-electron chi connectivity index (χ4n) is 4.14. The van der Waals surface area contributed by atoms with E-state index in [-0.39, 0.29) is 5.75 Å². The summed E-state index contributed by atoms with van der Waals surface area (Å²) in [5.74, 6) is 0.0163. The van der Waals surface area contributed by atoms with Gasteiger partial charge in [-0.15, -0.1) is 5.75 Å². The molecule has 0 radical (unpaired) electrons. The molecule has 0 spiro atoms. The Morgan fingerprint density at radius 1 is 0.645 bits per heavy atom. The Bertz CT molecular complexity index is 1190. The number of allylic oxidation sites excluding steroid dienone is 4. The standard InChI is InChI=1S/C29H23NO/c31-27-18-16-26(17-19-27)30-28(23-12-6-2-7-13-23)20-25(22-10-4-1-5-11-22)21-29(30)24-14-8-3-9-15-24/h1-4,6-10,12-21H,5,11H2. The lowest BCUT2D eigenvalue weighted by molar-refractivity contribution is -0.572. The second kappa shape index (κ2) is 8.45. The van der Waals surface area contributed by atoms with Crippen molar-refractivity contribution in [3.63, 3.8) is 0 Å². The SMILES string of the molecule is [O-]c1ccc(-[n+]2c(-c3ccccc3)cc(C3=CC=CCC3)cc2-c2ccccc2)cc1. The Hall–Kier alpha value is -3.91. The molecule has 0 amide bonds. The Kier molecular flexibility index (Phi) is 5.20. The minimum Gasteiger partial charge on any atom is -0.872 e. The Balaban J connectivity index is 1.84. The van der Waals surface area contributed by atoms with Gasteiger partial charge < -0.3 is 5.11 Å². The summed E-state index contributed by atoms with van der Waals surface area (Å²) in [7, 11) is 0. The van der Waals surface area contributed by atoms with Crippen LogP contribution in [0.1, 0.15) is 18.4 Å². The number of hydrogen-bond acceptors (Lipinski definition) is 1. The van der Waals surface area contributed by atoms with Crippen LogP contribution < -0.4 is 9.67 Å². The van der Waals surface area contributed by atoms with E-state index in [1.807, 2.05) is 24.3 Å². The van der Waals surface area contributed by atoms with E-state index >= 15 is 0 Å². The third-order valence-corrected chi connectivity index (χ3v) is 5.68. The summed E-state index contributed by atoms with van der Waals surface area (Å²) in [4.78, 5) is 0. The first-order valence-electron chi connectivity index (χ1n) is 10.6. The van der Waals surface area contributed by atoms with Crippen LogP contribution in [0.3, 0.4) is 0 Å². The normalized spacial score (nSPS) is 13.1. The number of pyridine rings is 1. The topological polar surface area (TPSA) is 26.9 Å². The minimum absolute atomic E-state index is 0.0163. The van der Waals surface area contributed by atoms with Crippen LogP contribution in [0.4, 0.5) is 0 Å². The second-order valence-electron chi connectivity index (χ2n) is 7.73. The molecule has 0 saturated heterocycles. The van der Waals surface area contributed by atoms with Crippen molar-refractivity contribution in [1.29, 1.82) is 0 Å². The molecule has 1 aromatic heterocycles. The Morgan fingerprint density at radius 3 is 1.74 bits per heavy atom. The zero-order valence-corrected chi connectivity index (χ0v) is 17.2. The molecule has 0 saturated carbocycles. The first-order chi connectivity index (χ1) is 15.3. The summed E-state index contributed by atoms with van der Waals surface area (Å²) in [5.41, 5.74) is 8.04. The molecule has 0 aliphatic heterocycles. The van der Waals surface area contributed by atoms with Crippen LogP contribution in [0, 0.1) is 0 Å². The predicted molar refractivity (Wildman–Crippen MR) is 125 cm³/mol. The van der Waals surface area contributed by atoms with Gasteiger partial charge in [-0.05, 0) is 48.2 Å². The number of aromatic nitrogens is 1. The number of benzene rings is 3. The van der Waals surface area contributed by atoms with Gasteiger partial charge in [-0.3, -0.25) is 0 Å². The molecule has 1 heterocycles. The first kappa shape index (κ1) is 19.1. The summed E-state index contributed by atoms with van der Waals surface area (Å²) in [6.45, 7) is 0. The monoisotopic (exact) mass is 401 g/mol. The molecule has 0 N–H and O–H groups in total. The van der Waals surface area contributed by atoms with Gasteiger partial charge in [0.05, 0.1) is 0 Å². The van der Waals surface area contributed by atoms with Gasteiger partial charge in [0.15, 0.2) is 0 Å². The maximum absolute atomic E-state index is 11.8. The highest BCUT2D eigenvalue weighted by atomic mass is 16.3. The van der Waals surface area contributed by atoms with Crippen LogP contribution in [-0.2, 0) is 0 Å². The Morgan fingerprint density at radius 2 is 1.23 bits per heavy atom. The van der Waals surface area contributed by atoms with E-state index in [0.717, 1.165) is 41.0 Å². The molecule has 2 heteroatoms. The third kappa shape index (κ3) is 3.93. The number of rotatable bonds is 4. The van der Waals surface area contributed by atoms with Crippen molar-refractivity contribution >= 4 is 5.57 Å². The van der Waals surface area contributed by atoms with Gasteiger partial charge in [-0.25, -0.2) is 0 Å². The zero-order chi connectivity index (χ0) is 21.0. The molecule has 3 aromatic carbocycles. The Labute approximate surface area is 183 Å². The van der Waals surface area contributed by atoms with E-state index in [9.17, 15) is 5.11 Å². The van der Waals surface area contributed by atoms with Crippen molar-refractivity contribution in [2.24, 2.45) is 0 Å². The molecule has 4 aromatic rings. The lowest BCUT2D eigenvalue weighted by atomic mass is 9.94. The van der Waals surface area contributed by atoms with Crippen LogP contribution in [0.2, 0.25) is 0 Å². The van der Waals surface area contributed by atoms with E-state index in [4.69, 9.17) is 0 Å². The van der Waals surface area contributed by atoms with Crippen molar-refractivity contribution < 1.29 is 9.67 Å².